The van der Waals surface area contributed by atoms with Gasteiger partial charge in [0.2, 0.25) is 5.91 Å². The molecular formula is C11H14N4OS2. The van der Waals surface area contributed by atoms with Crippen molar-refractivity contribution in [2.24, 2.45) is 0 Å². The van der Waals surface area contributed by atoms with Crippen molar-refractivity contribution in [3.63, 3.8) is 0 Å². The number of anilines is 1. The molecule has 5 nitrogen and oxygen atoms in total. The summed E-state index contributed by atoms with van der Waals surface area (Å²) in [6, 6.07) is 0. The summed E-state index contributed by atoms with van der Waals surface area (Å²) < 4.78 is 0. The number of nitrogens with zero attached hydrogens (tertiary/aromatic N) is 2. The maximum absolute atomic E-state index is 11.6. The van der Waals surface area contributed by atoms with Gasteiger partial charge in [0.15, 0.2) is 5.13 Å². The largest absolute Gasteiger partial charge is 0.375 e. The van der Waals surface area contributed by atoms with Gasteiger partial charge in [-0.25, -0.2) is 9.97 Å². The molecule has 0 unspecified atom stereocenters. The number of hydrogen-bond acceptors (Lipinski definition) is 6. The topological polar surface area (TPSA) is 80.9 Å². The summed E-state index contributed by atoms with van der Waals surface area (Å²) in [6.07, 6.45) is 1.04. The second-order valence-electron chi connectivity index (χ2n) is 3.81. The zero-order valence-corrected chi connectivity index (χ0v) is 11.6. The highest BCUT2D eigenvalue weighted by Gasteiger charge is 2.06. The van der Waals surface area contributed by atoms with Crippen molar-refractivity contribution in [2.75, 3.05) is 12.3 Å². The van der Waals surface area contributed by atoms with Crippen molar-refractivity contribution in [3.05, 3.63) is 27.2 Å². The van der Waals surface area contributed by atoms with Gasteiger partial charge in [0, 0.05) is 23.7 Å². The summed E-state index contributed by atoms with van der Waals surface area (Å²) in [5, 5.41) is 8.21. The molecule has 0 aliphatic heterocycles. The molecule has 0 saturated heterocycles. The van der Waals surface area contributed by atoms with Gasteiger partial charge in [-0.05, 0) is 6.92 Å². The molecule has 0 aliphatic carbocycles. The first kappa shape index (κ1) is 13.0. The number of nitrogens with one attached hydrogen (secondary N) is 1. The lowest BCUT2D eigenvalue weighted by Gasteiger charge is -2.02. The highest BCUT2D eigenvalue weighted by Crippen LogP contribution is 2.11. The first-order valence-electron chi connectivity index (χ1n) is 5.51. The maximum Gasteiger partial charge on any atom is 0.226 e. The van der Waals surface area contributed by atoms with Gasteiger partial charge in [0.1, 0.15) is 0 Å². The smallest absolute Gasteiger partial charge is 0.226 e. The van der Waals surface area contributed by atoms with Crippen molar-refractivity contribution in [3.8, 4) is 0 Å². The van der Waals surface area contributed by atoms with Gasteiger partial charge in [-0.3, -0.25) is 4.79 Å². The van der Waals surface area contributed by atoms with Crippen LogP contribution in [-0.2, 0) is 17.6 Å². The molecule has 7 heteroatoms. The molecule has 18 heavy (non-hydrogen) atoms. The summed E-state index contributed by atoms with van der Waals surface area (Å²) in [4.78, 5) is 20.0. The summed E-state index contributed by atoms with van der Waals surface area (Å²) in [5.74, 6) is -0.0350. The third-order valence-corrected chi connectivity index (χ3v) is 3.83. The summed E-state index contributed by atoms with van der Waals surface area (Å²) in [6.45, 7) is 2.57. The average molecular weight is 282 g/mol. The molecule has 0 bridgehead atoms. The van der Waals surface area contributed by atoms with E-state index in [4.69, 9.17) is 5.73 Å². The normalized spacial score (nSPS) is 10.5. The van der Waals surface area contributed by atoms with Crippen LogP contribution in [0.5, 0.6) is 0 Å². The number of carbonyl (C=O) groups excluding carboxylic acids is 1. The van der Waals surface area contributed by atoms with Gasteiger partial charge in [-0.15, -0.1) is 22.7 Å². The highest BCUT2D eigenvalue weighted by molar-refractivity contribution is 7.13. The van der Waals surface area contributed by atoms with Gasteiger partial charge in [0.25, 0.3) is 0 Å². The van der Waals surface area contributed by atoms with Crippen LogP contribution in [0.4, 0.5) is 5.13 Å². The van der Waals surface area contributed by atoms with Crippen molar-refractivity contribution < 1.29 is 4.79 Å². The number of thiazole rings is 2. The average Bonchev–Trinajstić information content (AvgIpc) is 2.88. The third kappa shape index (κ3) is 3.78. The van der Waals surface area contributed by atoms with E-state index in [0.29, 0.717) is 11.7 Å². The lowest BCUT2D eigenvalue weighted by Crippen LogP contribution is -2.27. The Morgan fingerprint density at radius 1 is 1.33 bits per heavy atom. The Morgan fingerprint density at radius 3 is 2.72 bits per heavy atom. The molecule has 0 saturated carbocycles. The van der Waals surface area contributed by atoms with Crippen molar-refractivity contribution in [1.82, 2.24) is 15.3 Å². The van der Waals surface area contributed by atoms with Gasteiger partial charge in [-0.2, -0.15) is 0 Å². The summed E-state index contributed by atoms with van der Waals surface area (Å²) >= 11 is 2.97. The molecule has 0 radical (unpaired) electrons. The van der Waals surface area contributed by atoms with Crippen LogP contribution in [-0.4, -0.2) is 22.4 Å². The van der Waals surface area contributed by atoms with E-state index in [1.807, 2.05) is 12.3 Å². The SMILES string of the molecule is Cc1nc(CCNC(=O)Cc2csc(N)n2)cs1. The van der Waals surface area contributed by atoms with E-state index in [1.54, 1.807) is 16.7 Å². The number of nitrogen functional groups attached to an aromatic ring is 1. The van der Waals surface area contributed by atoms with Crippen LogP contribution in [0.15, 0.2) is 10.8 Å². The molecular weight excluding hydrogens is 268 g/mol. The lowest BCUT2D eigenvalue weighted by molar-refractivity contribution is -0.120. The van der Waals surface area contributed by atoms with Gasteiger partial charge >= 0.3 is 0 Å². The molecule has 2 rings (SSSR count). The fourth-order valence-electron chi connectivity index (χ4n) is 1.48. The summed E-state index contributed by atoms with van der Waals surface area (Å²) in [5.41, 5.74) is 7.25. The van der Waals surface area contributed by atoms with E-state index in [2.05, 4.69) is 15.3 Å². The Labute approximate surface area is 113 Å². The Kier molecular flexibility index (Phi) is 4.27. The number of aromatic nitrogens is 2. The quantitative estimate of drug-likeness (QED) is 0.868. The van der Waals surface area contributed by atoms with E-state index in [9.17, 15) is 4.79 Å². The Morgan fingerprint density at radius 2 is 2.11 bits per heavy atom. The monoisotopic (exact) mass is 282 g/mol. The summed E-state index contributed by atoms with van der Waals surface area (Å²) in [7, 11) is 0. The first-order valence-corrected chi connectivity index (χ1v) is 7.27. The van der Waals surface area contributed by atoms with Gasteiger partial charge in [0.05, 0.1) is 22.8 Å². The number of amides is 1. The Hall–Kier alpha value is -1.47. The molecule has 2 aromatic heterocycles. The second kappa shape index (κ2) is 5.92. The standard InChI is InChI=1S/C11H14N4OS2/c1-7-14-8(5-17-7)2-3-13-10(16)4-9-6-18-11(12)15-9/h5-6H,2-4H2,1H3,(H2,12,15)(H,13,16). The number of hydrogen-bond donors (Lipinski definition) is 2. The number of rotatable bonds is 5. The van der Waals surface area contributed by atoms with Crippen LogP contribution < -0.4 is 11.1 Å². The molecule has 0 fully saturated rings. The number of aryl methyl sites for hydroxylation is 1. The van der Waals surface area contributed by atoms with Crippen LogP contribution in [0.3, 0.4) is 0 Å². The van der Waals surface area contributed by atoms with Crippen LogP contribution in [0.25, 0.3) is 0 Å². The molecule has 0 aliphatic rings. The Bertz CT molecular complexity index is 535. The minimum absolute atomic E-state index is 0.0350. The highest BCUT2D eigenvalue weighted by atomic mass is 32.1. The van der Waals surface area contributed by atoms with Crippen LogP contribution in [0.1, 0.15) is 16.4 Å². The maximum atomic E-state index is 11.6. The molecule has 1 amide bonds. The minimum Gasteiger partial charge on any atom is -0.375 e. The van der Waals surface area contributed by atoms with Crippen LogP contribution >= 0.6 is 22.7 Å². The number of nitrogens with two attached hydrogens (primary N) is 1. The molecule has 2 heterocycles. The molecule has 3 N–H and O–H groups in total. The predicted octanol–water partition coefficient (Wildman–Crippen LogP) is 1.39. The van der Waals surface area contributed by atoms with Crippen molar-refractivity contribution >= 4 is 33.7 Å². The number of carbonyl (C=O) groups is 1. The van der Waals surface area contributed by atoms with Crippen LogP contribution in [0.2, 0.25) is 0 Å². The Balaban J connectivity index is 1.72. The van der Waals surface area contributed by atoms with Gasteiger partial charge < -0.3 is 11.1 Å². The first-order chi connectivity index (χ1) is 8.63. The zero-order valence-electron chi connectivity index (χ0n) is 9.97. The van der Waals surface area contributed by atoms with E-state index in [1.165, 1.54) is 11.3 Å². The van der Waals surface area contributed by atoms with Gasteiger partial charge in [-0.1, -0.05) is 0 Å². The zero-order chi connectivity index (χ0) is 13.0. The lowest BCUT2D eigenvalue weighted by atomic mass is 10.3. The molecule has 2 aromatic rings. The molecule has 0 aromatic carbocycles. The van der Waals surface area contributed by atoms with Crippen LogP contribution in [0, 0.1) is 6.92 Å². The molecule has 0 atom stereocenters. The van der Waals surface area contributed by atoms with E-state index < -0.39 is 0 Å². The fraction of sp³-hybridized carbons (Fsp3) is 0.364. The van der Waals surface area contributed by atoms with Crippen molar-refractivity contribution in [1.29, 1.82) is 0 Å². The fourth-order valence-corrected chi connectivity index (χ4v) is 2.69. The third-order valence-electron chi connectivity index (χ3n) is 2.28. The van der Waals surface area contributed by atoms with E-state index >= 15 is 0 Å². The molecule has 0 spiro atoms. The predicted molar refractivity (Wildman–Crippen MR) is 73.8 cm³/mol. The second-order valence-corrected chi connectivity index (χ2v) is 5.76. The van der Waals surface area contributed by atoms with E-state index in [-0.39, 0.29) is 12.3 Å². The van der Waals surface area contributed by atoms with E-state index in [0.717, 1.165) is 22.8 Å². The van der Waals surface area contributed by atoms with Crippen molar-refractivity contribution in [2.45, 2.75) is 19.8 Å². The minimum atomic E-state index is -0.0350. The molecule has 96 valence electrons.